The number of sulfone groups is 1. The van der Waals surface area contributed by atoms with Gasteiger partial charge in [0.1, 0.15) is 0 Å². The topological polar surface area (TPSA) is 73.9 Å². The van der Waals surface area contributed by atoms with Crippen molar-refractivity contribution in [2.24, 2.45) is 0 Å². The third-order valence-corrected chi connectivity index (χ3v) is 5.60. The second kappa shape index (κ2) is 5.73. The van der Waals surface area contributed by atoms with Crippen LogP contribution < -0.4 is 19.5 Å². The van der Waals surface area contributed by atoms with Crippen molar-refractivity contribution < 1.29 is 22.6 Å². The molecule has 21 heavy (non-hydrogen) atoms. The van der Waals surface area contributed by atoms with E-state index in [0.29, 0.717) is 29.5 Å². The lowest BCUT2D eigenvalue weighted by Crippen LogP contribution is -2.39. The summed E-state index contributed by atoms with van der Waals surface area (Å²) in [6, 6.07) is 3.80. The van der Waals surface area contributed by atoms with Crippen molar-refractivity contribution in [1.82, 2.24) is 5.32 Å². The monoisotopic (exact) mass is 313 g/mol. The highest BCUT2D eigenvalue weighted by atomic mass is 32.2. The van der Waals surface area contributed by atoms with E-state index in [9.17, 15) is 8.42 Å². The summed E-state index contributed by atoms with van der Waals surface area (Å²) in [6.07, 6.45) is 1.62. The minimum absolute atomic E-state index is 0.0140. The zero-order valence-corrected chi connectivity index (χ0v) is 12.7. The number of benzene rings is 1. The number of ether oxygens (including phenoxy) is 3. The Bertz CT molecular complexity index is 628. The number of nitrogens with one attached hydrogen (secondary N) is 1. The predicted octanol–water partition coefficient (Wildman–Crippen LogP) is 1.09. The van der Waals surface area contributed by atoms with E-state index in [4.69, 9.17) is 14.2 Å². The van der Waals surface area contributed by atoms with E-state index in [1.165, 1.54) is 0 Å². The summed E-state index contributed by atoms with van der Waals surface area (Å²) in [5.74, 6) is 2.46. The third kappa shape index (κ3) is 3.24. The number of rotatable bonds is 4. The summed E-state index contributed by atoms with van der Waals surface area (Å²) in [5.41, 5.74) is 0.985. The van der Waals surface area contributed by atoms with E-state index in [-0.39, 0.29) is 18.6 Å². The van der Waals surface area contributed by atoms with Gasteiger partial charge >= 0.3 is 0 Å². The second-order valence-corrected chi connectivity index (χ2v) is 7.60. The van der Waals surface area contributed by atoms with Gasteiger partial charge in [-0.3, -0.25) is 0 Å². The van der Waals surface area contributed by atoms with Crippen LogP contribution in [0, 0.1) is 0 Å². The molecular weight excluding hydrogens is 294 g/mol. The molecule has 1 atom stereocenters. The molecule has 0 spiro atoms. The second-order valence-electron chi connectivity index (χ2n) is 5.37. The number of hydrogen-bond acceptors (Lipinski definition) is 6. The molecule has 1 fully saturated rings. The van der Waals surface area contributed by atoms with Crippen LogP contribution in [0.4, 0.5) is 0 Å². The Hall–Kier alpha value is -1.47. The molecule has 3 rings (SSSR count). The standard InChI is InChI=1S/C14H19NO5S/c1-18-12-5-10(6-13-14(12)20-9-19-13)7-15-11-3-2-4-21(16,17)8-11/h5-6,11,15H,2-4,7-9H2,1H3. The van der Waals surface area contributed by atoms with Crippen LogP contribution in [-0.4, -0.2) is 39.9 Å². The van der Waals surface area contributed by atoms with Crippen molar-refractivity contribution in [3.05, 3.63) is 17.7 Å². The number of fused-ring (bicyclic) bond motifs is 1. The first kappa shape index (κ1) is 14.5. The summed E-state index contributed by atoms with van der Waals surface area (Å²) < 4.78 is 39.3. The van der Waals surface area contributed by atoms with Crippen LogP contribution in [-0.2, 0) is 16.4 Å². The van der Waals surface area contributed by atoms with E-state index in [2.05, 4.69) is 5.32 Å². The Morgan fingerprint density at radius 1 is 1.38 bits per heavy atom. The Kier molecular flexibility index (Phi) is 3.95. The predicted molar refractivity (Wildman–Crippen MR) is 77.6 cm³/mol. The third-order valence-electron chi connectivity index (χ3n) is 3.78. The molecular formula is C14H19NO5S. The van der Waals surface area contributed by atoms with Crippen molar-refractivity contribution in [1.29, 1.82) is 0 Å². The van der Waals surface area contributed by atoms with E-state index >= 15 is 0 Å². The largest absolute Gasteiger partial charge is 0.493 e. The first-order chi connectivity index (χ1) is 10.1. The maximum absolute atomic E-state index is 11.6. The molecule has 2 aliphatic heterocycles. The fraction of sp³-hybridized carbons (Fsp3) is 0.571. The zero-order chi connectivity index (χ0) is 14.9. The van der Waals surface area contributed by atoms with Crippen LogP contribution in [0.1, 0.15) is 18.4 Å². The van der Waals surface area contributed by atoms with Crippen LogP contribution in [0.2, 0.25) is 0 Å². The highest BCUT2D eigenvalue weighted by Crippen LogP contribution is 2.41. The molecule has 6 nitrogen and oxygen atoms in total. The van der Waals surface area contributed by atoms with Crippen LogP contribution in [0.5, 0.6) is 17.2 Å². The molecule has 1 aromatic rings. The Morgan fingerprint density at radius 3 is 3.00 bits per heavy atom. The molecule has 2 heterocycles. The average molecular weight is 313 g/mol. The molecule has 2 aliphatic rings. The quantitative estimate of drug-likeness (QED) is 0.897. The molecule has 0 bridgehead atoms. The Labute approximate surface area is 124 Å². The van der Waals surface area contributed by atoms with E-state index in [0.717, 1.165) is 18.4 Å². The van der Waals surface area contributed by atoms with Crippen LogP contribution in [0.15, 0.2) is 12.1 Å². The van der Waals surface area contributed by atoms with Crippen LogP contribution >= 0.6 is 0 Å². The Balaban J connectivity index is 1.68. The van der Waals surface area contributed by atoms with Gasteiger partial charge in [0.2, 0.25) is 12.5 Å². The minimum atomic E-state index is -2.89. The van der Waals surface area contributed by atoms with Crippen LogP contribution in [0.3, 0.4) is 0 Å². The van der Waals surface area contributed by atoms with Gasteiger partial charge in [0, 0.05) is 12.6 Å². The molecule has 0 radical (unpaired) electrons. The lowest BCUT2D eigenvalue weighted by Gasteiger charge is -2.23. The summed E-state index contributed by atoms with van der Waals surface area (Å²) in [6.45, 7) is 0.774. The van der Waals surface area contributed by atoms with Crippen molar-refractivity contribution >= 4 is 9.84 Å². The minimum Gasteiger partial charge on any atom is -0.493 e. The normalized spacial score (nSPS) is 23.0. The van der Waals surface area contributed by atoms with Gasteiger partial charge in [-0.05, 0) is 30.5 Å². The highest BCUT2D eigenvalue weighted by molar-refractivity contribution is 7.91. The molecule has 0 amide bonds. The van der Waals surface area contributed by atoms with Gasteiger partial charge < -0.3 is 19.5 Å². The van der Waals surface area contributed by atoms with Gasteiger partial charge in [-0.1, -0.05) is 0 Å². The van der Waals surface area contributed by atoms with Crippen LogP contribution in [0.25, 0.3) is 0 Å². The first-order valence-electron chi connectivity index (χ1n) is 6.98. The SMILES string of the molecule is COc1cc(CNC2CCCS(=O)(=O)C2)cc2c1OCO2. The first-order valence-corrected chi connectivity index (χ1v) is 8.80. The lowest BCUT2D eigenvalue weighted by molar-refractivity contribution is 0.171. The molecule has 7 heteroatoms. The van der Waals surface area contributed by atoms with Gasteiger partial charge in [-0.25, -0.2) is 8.42 Å². The van der Waals surface area contributed by atoms with Crippen molar-refractivity contribution in [2.45, 2.75) is 25.4 Å². The zero-order valence-electron chi connectivity index (χ0n) is 11.9. The van der Waals surface area contributed by atoms with Gasteiger partial charge in [-0.15, -0.1) is 0 Å². The molecule has 0 aliphatic carbocycles. The number of methoxy groups -OCH3 is 1. The van der Waals surface area contributed by atoms with Gasteiger partial charge in [0.05, 0.1) is 18.6 Å². The highest BCUT2D eigenvalue weighted by Gasteiger charge is 2.25. The van der Waals surface area contributed by atoms with E-state index in [1.807, 2.05) is 12.1 Å². The number of hydrogen-bond donors (Lipinski definition) is 1. The van der Waals surface area contributed by atoms with Crippen molar-refractivity contribution in [3.8, 4) is 17.2 Å². The molecule has 0 saturated carbocycles. The van der Waals surface area contributed by atoms with Crippen molar-refractivity contribution in [3.63, 3.8) is 0 Å². The van der Waals surface area contributed by atoms with E-state index < -0.39 is 9.84 Å². The maximum atomic E-state index is 11.6. The maximum Gasteiger partial charge on any atom is 0.231 e. The van der Waals surface area contributed by atoms with E-state index in [1.54, 1.807) is 7.11 Å². The molecule has 0 aromatic heterocycles. The van der Waals surface area contributed by atoms with Gasteiger partial charge in [0.25, 0.3) is 0 Å². The summed E-state index contributed by atoms with van der Waals surface area (Å²) in [7, 11) is -1.31. The van der Waals surface area contributed by atoms with Gasteiger partial charge in [-0.2, -0.15) is 0 Å². The molecule has 1 N–H and O–H groups in total. The summed E-state index contributed by atoms with van der Waals surface area (Å²) in [4.78, 5) is 0. The van der Waals surface area contributed by atoms with Crippen molar-refractivity contribution in [2.75, 3.05) is 25.4 Å². The average Bonchev–Trinajstić information content (AvgIpc) is 2.91. The fourth-order valence-corrected chi connectivity index (χ4v) is 4.40. The molecule has 1 saturated heterocycles. The molecule has 1 aromatic carbocycles. The smallest absolute Gasteiger partial charge is 0.231 e. The Morgan fingerprint density at radius 2 is 2.24 bits per heavy atom. The lowest BCUT2D eigenvalue weighted by atomic mass is 10.1. The molecule has 1 unspecified atom stereocenters. The molecule has 116 valence electrons. The van der Waals surface area contributed by atoms with Gasteiger partial charge in [0.15, 0.2) is 21.3 Å². The fourth-order valence-electron chi connectivity index (χ4n) is 2.73. The summed E-state index contributed by atoms with van der Waals surface area (Å²) in [5, 5.41) is 3.30. The summed E-state index contributed by atoms with van der Waals surface area (Å²) >= 11 is 0.